The Hall–Kier alpha value is -0.450. The van der Waals surface area contributed by atoms with E-state index in [-0.39, 0.29) is 11.2 Å². The van der Waals surface area contributed by atoms with Crippen molar-refractivity contribution in [3.8, 4) is 0 Å². The van der Waals surface area contributed by atoms with Crippen LogP contribution < -0.4 is 5.32 Å². The Bertz CT molecular complexity index is 470. The lowest BCUT2D eigenvalue weighted by molar-refractivity contribution is 0.0147. The van der Waals surface area contributed by atoms with Crippen molar-refractivity contribution >= 4 is 15.9 Å². The number of benzene rings is 1. The maximum Gasteiger partial charge on any atom is 0.137 e. The summed E-state index contributed by atoms with van der Waals surface area (Å²) in [5.41, 5.74) is 1.47. The number of ether oxygens (including phenoxy) is 1. The van der Waals surface area contributed by atoms with Crippen LogP contribution in [0.15, 0.2) is 22.7 Å². The van der Waals surface area contributed by atoms with Crippen molar-refractivity contribution in [2.24, 2.45) is 5.41 Å². The number of halogens is 2. The summed E-state index contributed by atoms with van der Waals surface area (Å²) in [6.07, 6.45) is 5.79. The van der Waals surface area contributed by atoms with E-state index in [4.69, 9.17) is 4.74 Å². The Balaban J connectivity index is 1.71. The van der Waals surface area contributed by atoms with Gasteiger partial charge in [0.05, 0.1) is 4.47 Å². The Morgan fingerprint density at radius 3 is 2.70 bits per heavy atom. The fourth-order valence-electron chi connectivity index (χ4n) is 2.95. The third-order valence-corrected chi connectivity index (χ3v) is 5.07. The second-order valence-corrected chi connectivity index (χ2v) is 7.05. The second kappa shape index (κ2) is 6.12. The fraction of sp³-hybridized carbons (Fsp3) is 0.625. The molecule has 0 amide bonds. The van der Waals surface area contributed by atoms with Crippen LogP contribution in [0.5, 0.6) is 0 Å². The van der Waals surface area contributed by atoms with E-state index in [0.717, 1.165) is 45.1 Å². The quantitative estimate of drug-likeness (QED) is 0.881. The lowest BCUT2D eigenvalue weighted by atomic mass is 9.75. The lowest BCUT2D eigenvalue weighted by Gasteiger charge is -2.38. The summed E-state index contributed by atoms with van der Waals surface area (Å²) in [5, 5.41) is 3.67. The van der Waals surface area contributed by atoms with Gasteiger partial charge in [-0.3, -0.25) is 0 Å². The molecule has 2 fully saturated rings. The minimum atomic E-state index is -0.189. The van der Waals surface area contributed by atoms with E-state index >= 15 is 0 Å². The SMILES string of the molecule is Fc1ccc(CC2(CNC3CC3)CCOCC2)cc1Br. The average molecular weight is 342 g/mol. The van der Waals surface area contributed by atoms with E-state index in [1.165, 1.54) is 18.4 Å². The van der Waals surface area contributed by atoms with Crippen LogP contribution in [-0.2, 0) is 11.2 Å². The van der Waals surface area contributed by atoms with Gasteiger partial charge in [-0.25, -0.2) is 4.39 Å². The van der Waals surface area contributed by atoms with Crippen LogP contribution in [-0.4, -0.2) is 25.8 Å². The highest BCUT2D eigenvalue weighted by molar-refractivity contribution is 9.10. The van der Waals surface area contributed by atoms with Crippen LogP contribution >= 0.6 is 15.9 Å². The van der Waals surface area contributed by atoms with Gasteiger partial charge in [0, 0.05) is 25.8 Å². The molecule has 3 rings (SSSR count). The van der Waals surface area contributed by atoms with E-state index in [1.54, 1.807) is 6.07 Å². The smallest absolute Gasteiger partial charge is 0.137 e. The third kappa shape index (κ3) is 3.60. The summed E-state index contributed by atoms with van der Waals surface area (Å²) >= 11 is 3.29. The molecule has 2 nitrogen and oxygen atoms in total. The van der Waals surface area contributed by atoms with Crippen molar-refractivity contribution in [1.29, 1.82) is 0 Å². The molecule has 1 aliphatic carbocycles. The Kier molecular flexibility index (Phi) is 4.43. The molecule has 0 atom stereocenters. The van der Waals surface area contributed by atoms with Crippen molar-refractivity contribution in [2.75, 3.05) is 19.8 Å². The molecular weight excluding hydrogens is 321 g/mol. The van der Waals surface area contributed by atoms with Crippen molar-refractivity contribution in [3.05, 3.63) is 34.1 Å². The topological polar surface area (TPSA) is 21.3 Å². The van der Waals surface area contributed by atoms with Gasteiger partial charge in [0.2, 0.25) is 0 Å². The number of hydrogen-bond donors (Lipinski definition) is 1. The molecule has 1 saturated carbocycles. The van der Waals surface area contributed by atoms with Gasteiger partial charge in [0.25, 0.3) is 0 Å². The molecular formula is C16H21BrFNO. The molecule has 1 heterocycles. The van der Waals surface area contributed by atoms with Gasteiger partial charge in [-0.15, -0.1) is 0 Å². The molecule has 1 aromatic carbocycles. The average Bonchev–Trinajstić information content (AvgIpc) is 3.26. The molecule has 0 bridgehead atoms. The summed E-state index contributed by atoms with van der Waals surface area (Å²) in [6.45, 7) is 2.74. The van der Waals surface area contributed by atoms with Gasteiger partial charge in [-0.1, -0.05) is 6.07 Å². The number of rotatable bonds is 5. The molecule has 20 heavy (non-hydrogen) atoms. The van der Waals surface area contributed by atoms with Crippen LogP contribution in [0.2, 0.25) is 0 Å². The molecule has 0 radical (unpaired) electrons. The van der Waals surface area contributed by atoms with Gasteiger partial charge in [0.15, 0.2) is 0 Å². The Morgan fingerprint density at radius 2 is 2.05 bits per heavy atom. The highest BCUT2D eigenvalue weighted by atomic mass is 79.9. The van der Waals surface area contributed by atoms with Gasteiger partial charge < -0.3 is 10.1 Å². The maximum atomic E-state index is 13.4. The first-order valence-corrected chi connectivity index (χ1v) is 8.21. The van der Waals surface area contributed by atoms with Gasteiger partial charge in [0.1, 0.15) is 5.82 Å². The highest BCUT2D eigenvalue weighted by Gasteiger charge is 2.34. The number of nitrogens with one attached hydrogen (secondary N) is 1. The number of hydrogen-bond acceptors (Lipinski definition) is 2. The standard InChI is InChI=1S/C16H21BrFNO/c17-14-9-12(1-4-15(14)18)10-16(5-7-20-8-6-16)11-19-13-2-3-13/h1,4,9,13,19H,2-3,5-8,10-11H2. The summed E-state index contributed by atoms with van der Waals surface area (Å²) in [7, 11) is 0. The third-order valence-electron chi connectivity index (χ3n) is 4.46. The van der Waals surface area contributed by atoms with Gasteiger partial charge in [-0.05, 0) is 71.1 Å². The Morgan fingerprint density at radius 1 is 1.30 bits per heavy atom. The van der Waals surface area contributed by atoms with E-state index in [2.05, 4.69) is 21.2 Å². The summed E-state index contributed by atoms with van der Waals surface area (Å²) in [5.74, 6) is -0.189. The predicted octanol–water partition coefficient (Wildman–Crippen LogP) is 3.68. The maximum absolute atomic E-state index is 13.4. The van der Waals surface area contributed by atoms with Crippen molar-refractivity contribution in [1.82, 2.24) is 5.32 Å². The zero-order valence-corrected chi connectivity index (χ0v) is 13.2. The zero-order chi connectivity index (χ0) is 14.0. The minimum Gasteiger partial charge on any atom is -0.381 e. The minimum absolute atomic E-state index is 0.189. The molecule has 4 heteroatoms. The molecule has 0 unspecified atom stereocenters. The first kappa shape index (κ1) is 14.5. The van der Waals surface area contributed by atoms with Crippen LogP contribution in [0.25, 0.3) is 0 Å². The van der Waals surface area contributed by atoms with Crippen LogP contribution in [0.4, 0.5) is 4.39 Å². The molecule has 0 aromatic heterocycles. The van der Waals surface area contributed by atoms with Gasteiger partial charge in [-0.2, -0.15) is 0 Å². The van der Waals surface area contributed by atoms with Crippen LogP contribution in [0.3, 0.4) is 0 Å². The van der Waals surface area contributed by atoms with Crippen molar-refractivity contribution < 1.29 is 9.13 Å². The summed E-state index contributed by atoms with van der Waals surface area (Å²) in [6, 6.07) is 6.12. The Labute approximate surface area is 128 Å². The first-order valence-electron chi connectivity index (χ1n) is 7.42. The van der Waals surface area contributed by atoms with Gasteiger partial charge >= 0.3 is 0 Å². The van der Waals surface area contributed by atoms with E-state index in [9.17, 15) is 4.39 Å². The molecule has 1 aromatic rings. The highest BCUT2D eigenvalue weighted by Crippen LogP contribution is 2.35. The molecule has 1 aliphatic heterocycles. The largest absolute Gasteiger partial charge is 0.381 e. The summed E-state index contributed by atoms with van der Waals surface area (Å²) in [4.78, 5) is 0. The zero-order valence-electron chi connectivity index (χ0n) is 11.6. The second-order valence-electron chi connectivity index (χ2n) is 6.19. The van der Waals surface area contributed by atoms with Crippen molar-refractivity contribution in [3.63, 3.8) is 0 Å². The molecule has 0 spiro atoms. The predicted molar refractivity (Wildman–Crippen MR) is 81.3 cm³/mol. The monoisotopic (exact) mass is 341 g/mol. The van der Waals surface area contributed by atoms with Crippen LogP contribution in [0.1, 0.15) is 31.2 Å². The molecule has 1 saturated heterocycles. The first-order chi connectivity index (χ1) is 9.67. The lowest BCUT2D eigenvalue weighted by Crippen LogP contribution is -2.41. The summed E-state index contributed by atoms with van der Waals surface area (Å²) < 4.78 is 19.4. The van der Waals surface area contributed by atoms with E-state index in [1.807, 2.05) is 12.1 Å². The molecule has 1 N–H and O–H groups in total. The van der Waals surface area contributed by atoms with Crippen molar-refractivity contribution in [2.45, 2.75) is 38.1 Å². The normalized spacial score (nSPS) is 21.9. The fourth-order valence-corrected chi connectivity index (χ4v) is 3.38. The van der Waals surface area contributed by atoms with Crippen LogP contribution in [0, 0.1) is 11.2 Å². The molecule has 110 valence electrons. The van der Waals surface area contributed by atoms with E-state index < -0.39 is 0 Å². The van der Waals surface area contributed by atoms with E-state index in [0.29, 0.717) is 4.47 Å². The molecule has 2 aliphatic rings.